The molecule has 0 fully saturated rings. The summed E-state index contributed by atoms with van der Waals surface area (Å²) in [5, 5.41) is 11.5. The average Bonchev–Trinajstić information content (AvgIpc) is 2.96. The lowest BCUT2D eigenvalue weighted by molar-refractivity contribution is -0.151. The Bertz CT molecular complexity index is 743. The van der Waals surface area contributed by atoms with E-state index in [2.05, 4.69) is 15.9 Å². The molecule has 1 aromatic heterocycles. The number of amides is 1. The van der Waals surface area contributed by atoms with Crippen LogP contribution in [0.15, 0.2) is 40.2 Å². The molecule has 1 aliphatic rings. The van der Waals surface area contributed by atoms with Crippen molar-refractivity contribution in [2.24, 2.45) is 0 Å². The van der Waals surface area contributed by atoms with Gasteiger partial charge < -0.3 is 10.0 Å². The van der Waals surface area contributed by atoms with Crippen LogP contribution < -0.4 is 0 Å². The lowest BCUT2D eigenvalue weighted by atomic mass is 9.93. The Labute approximate surface area is 146 Å². The molecule has 120 valence electrons. The van der Waals surface area contributed by atoms with Crippen LogP contribution in [-0.2, 0) is 29.0 Å². The number of carboxylic acids is 1. The van der Waals surface area contributed by atoms with Gasteiger partial charge in [0, 0.05) is 34.1 Å². The highest BCUT2D eigenvalue weighted by atomic mass is 79.9. The van der Waals surface area contributed by atoms with E-state index in [1.807, 2.05) is 35.7 Å². The second-order valence-electron chi connectivity index (χ2n) is 5.58. The second kappa shape index (κ2) is 6.84. The number of aliphatic carboxylic acids is 1. The largest absolute Gasteiger partial charge is 0.480 e. The lowest BCUT2D eigenvalue weighted by Gasteiger charge is -2.34. The number of rotatable bonds is 4. The smallest absolute Gasteiger partial charge is 0.326 e. The Kier molecular flexibility index (Phi) is 4.82. The molecule has 0 spiro atoms. The van der Waals surface area contributed by atoms with Crippen LogP contribution >= 0.6 is 27.3 Å². The van der Waals surface area contributed by atoms with Gasteiger partial charge in [0.2, 0.25) is 5.91 Å². The van der Waals surface area contributed by atoms with Crippen molar-refractivity contribution in [2.45, 2.75) is 31.8 Å². The molecule has 1 aromatic carbocycles. The van der Waals surface area contributed by atoms with Crippen LogP contribution in [0, 0.1) is 0 Å². The Balaban J connectivity index is 1.73. The van der Waals surface area contributed by atoms with Crippen LogP contribution in [0.1, 0.15) is 22.4 Å². The quantitative estimate of drug-likeness (QED) is 0.864. The summed E-state index contributed by atoms with van der Waals surface area (Å²) in [5.74, 6) is -1.04. The zero-order valence-electron chi connectivity index (χ0n) is 12.4. The third-order valence-electron chi connectivity index (χ3n) is 4.06. The van der Waals surface area contributed by atoms with E-state index in [-0.39, 0.29) is 5.91 Å². The number of thiophene rings is 1. The minimum atomic E-state index is -0.938. The highest BCUT2D eigenvalue weighted by Crippen LogP contribution is 2.25. The summed E-state index contributed by atoms with van der Waals surface area (Å²) < 4.78 is 1.01. The Morgan fingerprint density at radius 3 is 2.70 bits per heavy atom. The topological polar surface area (TPSA) is 57.6 Å². The third-order valence-corrected chi connectivity index (χ3v) is 5.82. The first-order valence-corrected chi connectivity index (χ1v) is 9.04. The fourth-order valence-electron chi connectivity index (χ4n) is 2.86. The molecule has 0 saturated heterocycles. The maximum atomic E-state index is 12.6. The molecule has 0 aliphatic carbocycles. The summed E-state index contributed by atoms with van der Waals surface area (Å²) in [4.78, 5) is 26.7. The van der Waals surface area contributed by atoms with Gasteiger partial charge in [-0.05, 0) is 39.5 Å². The lowest BCUT2D eigenvalue weighted by Crippen LogP contribution is -2.48. The van der Waals surface area contributed by atoms with Gasteiger partial charge in [-0.3, -0.25) is 4.79 Å². The first-order chi connectivity index (χ1) is 11.0. The highest BCUT2D eigenvalue weighted by Gasteiger charge is 2.34. The van der Waals surface area contributed by atoms with Gasteiger partial charge in [-0.15, -0.1) is 11.3 Å². The van der Waals surface area contributed by atoms with Crippen molar-refractivity contribution in [1.29, 1.82) is 0 Å². The van der Waals surface area contributed by atoms with Crippen LogP contribution in [-0.4, -0.2) is 27.9 Å². The van der Waals surface area contributed by atoms with E-state index in [1.54, 1.807) is 11.3 Å². The highest BCUT2D eigenvalue weighted by molar-refractivity contribution is 9.10. The first-order valence-electron chi connectivity index (χ1n) is 7.36. The number of carbonyl (C=O) groups excluding carboxylic acids is 1. The molecule has 4 nitrogen and oxygen atoms in total. The number of fused-ring (bicyclic) bond motifs is 1. The molecule has 1 unspecified atom stereocenters. The Morgan fingerprint density at radius 2 is 2.04 bits per heavy atom. The summed E-state index contributed by atoms with van der Waals surface area (Å²) in [5.41, 5.74) is 2.06. The van der Waals surface area contributed by atoms with Gasteiger partial charge in [-0.2, -0.15) is 0 Å². The van der Waals surface area contributed by atoms with E-state index in [9.17, 15) is 14.7 Å². The normalized spacial score (nSPS) is 16.9. The number of hydrogen-bond donors (Lipinski definition) is 1. The molecule has 1 aliphatic heterocycles. The number of halogens is 1. The predicted molar refractivity (Wildman–Crippen MR) is 92.5 cm³/mol. The summed E-state index contributed by atoms with van der Waals surface area (Å²) in [6.45, 7) is 0.375. The SMILES string of the molecule is O=C(O)C1Cc2ccccc2CN1C(=O)CCc1cc(Br)cs1. The standard InChI is InChI=1S/C17H16BrNO3S/c18-13-8-14(23-10-13)5-6-16(20)19-9-12-4-2-1-3-11(12)7-15(19)17(21)22/h1-4,8,10,15H,5-7,9H2,(H,21,22). The molecule has 0 radical (unpaired) electrons. The second-order valence-corrected chi connectivity index (χ2v) is 7.49. The molecule has 3 rings (SSSR count). The molecule has 23 heavy (non-hydrogen) atoms. The molecule has 0 bridgehead atoms. The van der Waals surface area contributed by atoms with Crippen molar-refractivity contribution in [2.75, 3.05) is 0 Å². The first kappa shape index (κ1) is 16.2. The van der Waals surface area contributed by atoms with Crippen LogP contribution in [0.2, 0.25) is 0 Å². The van der Waals surface area contributed by atoms with Gasteiger partial charge in [-0.25, -0.2) is 4.79 Å². The monoisotopic (exact) mass is 393 g/mol. The van der Waals surface area contributed by atoms with Crippen LogP contribution in [0.4, 0.5) is 0 Å². The maximum Gasteiger partial charge on any atom is 0.326 e. The summed E-state index contributed by atoms with van der Waals surface area (Å²) >= 11 is 5.00. The average molecular weight is 394 g/mol. The molecule has 1 N–H and O–H groups in total. The third kappa shape index (κ3) is 3.64. The van der Waals surface area contributed by atoms with E-state index < -0.39 is 12.0 Å². The Morgan fingerprint density at radius 1 is 1.30 bits per heavy atom. The van der Waals surface area contributed by atoms with Crippen molar-refractivity contribution >= 4 is 39.1 Å². The van der Waals surface area contributed by atoms with Crippen molar-refractivity contribution in [3.63, 3.8) is 0 Å². The molecule has 1 amide bonds. The summed E-state index contributed by atoms with van der Waals surface area (Å²) in [6, 6.07) is 8.96. The van der Waals surface area contributed by atoms with Gasteiger partial charge in [-0.1, -0.05) is 24.3 Å². The molecule has 0 saturated carbocycles. The summed E-state index contributed by atoms with van der Waals surface area (Å²) in [7, 11) is 0. The van der Waals surface area contributed by atoms with Gasteiger partial charge in [0.25, 0.3) is 0 Å². The summed E-state index contributed by atoms with van der Waals surface area (Å²) in [6.07, 6.45) is 1.35. The number of carbonyl (C=O) groups is 2. The molecule has 6 heteroatoms. The molecular formula is C17H16BrNO3S. The maximum absolute atomic E-state index is 12.6. The number of aryl methyl sites for hydroxylation is 1. The Hall–Kier alpha value is -1.66. The number of carboxylic acid groups (broad SMARTS) is 1. The number of nitrogens with zero attached hydrogens (tertiary/aromatic N) is 1. The van der Waals surface area contributed by atoms with Gasteiger partial charge in [0.15, 0.2) is 0 Å². The van der Waals surface area contributed by atoms with E-state index >= 15 is 0 Å². The van der Waals surface area contributed by atoms with Crippen LogP contribution in [0.5, 0.6) is 0 Å². The molecule has 2 aromatic rings. The van der Waals surface area contributed by atoms with Gasteiger partial charge in [0.1, 0.15) is 6.04 Å². The van der Waals surface area contributed by atoms with Gasteiger partial charge in [0.05, 0.1) is 0 Å². The number of benzene rings is 1. The molecular weight excluding hydrogens is 378 g/mol. The predicted octanol–water partition coefficient (Wildman–Crippen LogP) is 3.48. The zero-order valence-corrected chi connectivity index (χ0v) is 14.8. The van der Waals surface area contributed by atoms with Gasteiger partial charge >= 0.3 is 5.97 Å². The molecule has 1 atom stereocenters. The van der Waals surface area contributed by atoms with Crippen molar-refractivity contribution in [3.05, 3.63) is 56.2 Å². The van der Waals surface area contributed by atoms with Crippen molar-refractivity contribution in [3.8, 4) is 0 Å². The minimum absolute atomic E-state index is 0.101. The van der Waals surface area contributed by atoms with E-state index in [1.165, 1.54) is 4.90 Å². The van der Waals surface area contributed by atoms with Crippen molar-refractivity contribution < 1.29 is 14.7 Å². The minimum Gasteiger partial charge on any atom is -0.480 e. The fraction of sp³-hybridized carbons (Fsp3) is 0.294. The van der Waals surface area contributed by atoms with E-state index in [0.29, 0.717) is 25.8 Å². The van der Waals surface area contributed by atoms with Crippen molar-refractivity contribution in [1.82, 2.24) is 4.90 Å². The van der Waals surface area contributed by atoms with Crippen LogP contribution in [0.3, 0.4) is 0 Å². The van der Waals surface area contributed by atoms with Crippen LogP contribution in [0.25, 0.3) is 0 Å². The fourth-order valence-corrected chi connectivity index (χ4v) is 4.32. The zero-order chi connectivity index (χ0) is 16.4. The molecule has 2 heterocycles. The number of hydrogen-bond acceptors (Lipinski definition) is 3. The van der Waals surface area contributed by atoms with E-state index in [4.69, 9.17) is 0 Å². The van der Waals surface area contributed by atoms with E-state index in [0.717, 1.165) is 20.5 Å².